The molecule has 23 heavy (non-hydrogen) atoms. The first kappa shape index (κ1) is 20.0. The lowest BCUT2D eigenvalue weighted by atomic mass is 10.1. The van der Waals surface area contributed by atoms with Crippen LogP contribution in [0.3, 0.4) is 0 Å². The fourth-order valence-electron chi connectivity index (χ4n) is 2.38. The molecule has 0 fully saturated rings. The first-order valence-corrected chi connectivity index (χ1v) is 8.17. The summed E-state index contributed by atoms with van der Waals surface area (Å²) in [4.78, 5) is 4.67. The molecule has 0 unspecified atom stereocenters. The molecule has 0 bridgehead atoms. The van der Waals surface area contributed by atoms with Crippen LogP contribution < -0.4 is 10.6 Å². The Morgan fingerprint density at radius 1 is 1.13 bits per heavy atom. The number of nitrogens with one attached hydrogen (secondary N) is 2. The molecule has 5 heteroatoms. The van der Waals surface area contributed by atoms with Gasteiger partial charge in [-0.3, -0.25) is 0 Å². The van der Waals surface area contributed by atoms with Gasteiger partial charge in [0.05, 0.1) is 13.2 Å². The van der Waals surface area contributed by atoms with Crippen LogP contribution in [0.5, 0.6) is 0 Å². The number of guanidine groups is 1. The Balaban J connectivity index is 0.00000264. The van der Waals surface area contributed by atoms with Gasteiger partial charge in [-0.2, -0.15) is 0 Å². The maximum Gasteiger partial charge on any atom is 0.191 e. The first-order valence-electron chi connectivity index (χ1n) is 8.17. The van der Waals surface area contributed by atoms with E-state index in [0.29, 0.717) is 19.2 Å². The summed E-state index contributed by atoms with van der Waals surface area (Å²) in [6, 6.07) is 8.95. The van der Waals surface area contributed by atoms with Gasteiger partial charge in [-0.1, -0.05) is 36.4 Å². The van der Waals surface area contributed by atoms with Crippen molar-refractivity contribution < 1.29 is 4.74 Å². The fraction of sp³-hybridized carbons (Fsp3) is 0.500. The molecule has 1 aliphatic rings. The van der Waals surface area contributed by atoms with Crippen LogP contribution in [-0.4, -0.2) is 25.2 Å². The first-order chi connectivity index (χ1) is 10.8. The van der Waals surface area contributed by atoms with Crippen LogP contribution in [0.1, 0.15) is 37.8 Å². The Bertz CT molecular complexity index is 491. The molecule has 0 saturated carbocycles. The van der Waals surface area contributed by atoms with Crippen LogP contribution in [0, 0.1) is 0 Å². The second-order valence-corrected chi connectivity index (χ2v) is 5.43. The number of halogens is 1. The maximum absolute atomic E-state index is 5.41. The fourth-order valence-corrected chi connectivity index (χ4v) is 2.38. The van der Waals surface area contributed by atoms with Gasteiger partial charge in [-0.25, -0.2) is 4.99 Å². The average molecular weight is 429 g/mol. The summed E-state index contributed by atoms with van der Waals surface area (Å²) in [6.07, 6.45) is 6.60. The summed E-state index contributed by atoms with van der Waals surface area (Å²) in [5.41, 5.74) is 2.42. The minimum absolute atomic E-state index is 0. The van der Waals surface area contributed by atoms with Gasteiger partial charge >= 0.3 is 0 Å². The largest absolute Gasteiger partial charge is 0.377 e. The topological polar surface area (TPSA) is 45.7 Å². The van der Waals surface area contributed by atoms with Crippen molar-refractivity contribution in [2.24, 2.45) is 4.99 Å². The zero-order valence-corrected chi connectivity index (χ0v) is 16.4. The average Bonchev–Trinajstić information content (AvgIpc) is 3.05. The molecule has 0 radical (unpaired) electrons. The van der Waals surface area contributed by atoms with Gasteiger partial charge in [-0.05, 0) is 37.8 Å². The summed E-state index contributed by atoms with van der Waals surface area (Å²) >= 11 is 0. The highest BCUT2D eigenvalue weighted by Gasteiger charge is 2.11. The summed E-state index contributed by atoms with van der Waals surface area (Å²) in [6.45, 7) is 7.09. The van der Waals surface area contributed by atoms with Crippen molar-refractivity contribution in [2.75, 3.05) is 13.2 Å². The Labute approximate surface area is 156 Å². The molecule has 4 nitrogen and oxygen atoms in total. The molecule has 1 aromatic rings. The van der Waals surface area contributed by atoms with Crippen molar-refractivity contribution >= 4 is 29.9 Å². The molecule has 0 amide bonds. The normalized spacial score (nSPS) is 14.6. The second kappa shape index (κ2) is 11.5. The third-order valence-electron chi connectivity index (χ3n) is 3.61. The van der Waals surface area contributed by atoms with E-state index >= 15 is 0 Å². The third kappa shape index (κ3) is 7.35. The van der Waals surface area contributed by atoms with E-state index in [2.05, 4.69) is 59.0 Å². The number of rotatable bonds is 7. The number of benzene rings is 1. The van der Waals surface area contributed by atoms with Gasteiger partial charge in [-0.15, -0.1) is 24.0 Å². The number of nitrogens with zero attached hydrogens (tertiary/aromatic N) is 1. The van der Waals surface area contributed by atoms with Gasteiger partial charge < -0.3 is 15.4 Å². The van der Waals surface area contributed by atoms with E-state index in [1.165, 1.54) is 11.1 Å². The van der Waals surface area contributed by atoms with E-state index in [9.17, 15) is 0 Å². The molecule has 0 saturated heterocycles. The van der Waals surface area contributed by atoms with Gasteiger partial charge in [0.25, 0.3) is 0 Å². The van der Waals surface area contributed by atoms with E-state index in [1.54, 1.807) is 0 Å². The molecule has 2 rings (SSSR count). The third-order valence-corrected chi connectivity index (χ3v) is 3.61. The van der Waals surface area contributed by atoms with Crippen molar-refractivity contribution in [3.8, 4) is 0 Å². The van der Waals surface area contributed by atoms with E-state index in [1.807, 2.05) is 6.92 Å². The van der Waals surface area contributed by atoms with E-state index in [4.69, 9.17) is 4.74 Å². The SMILES string of the molecule is CCNC(=NCc1ccc(COCC)cc1)NC1CC=CC1.I. The quantitative estimate of drug-likeness (QED) is 0.301. The van der Waals surface area contributed by atoms with Crippen molar-refractivity contribution in [3.63, 3.8) is 0 Å². The lowest BCUT2D eigenvalue weighted by Gasteiger charge is -2.16. The lowest BCUT2D eigenvalue weighted by molar-refractivity contribution is 0.134. The molecule has 1 aromatic carbocycles. The van der Waals surface area contributed by atoms with Crippen LogP contribution in [0.2, 0.25) is 0 Å². The predicted molar refractivity (Wildman–Crippen MR) is 107 cm³/mol. The summed E-state index contributed by atoms with van der Waals surface area (Å²) in [5.74, 6) is 0.898. The van der Waals surface area contributed by atoms with E-state index in [-0.39, 0.29) is 24.0 Å². The monoisotopic (exact) mass is 429 g/mol. The Kier molecular flexibility index (Phi) is 9.94. The van der Waals surface area contributed by atoms with Gasteiger partial charge in [0.15, 0.2) is 5.96 Å². The smallest absolute Gasteiger partial charge is 0.191 e. The Morgan fingerprint density at radius 3 is 2.39 bits per heavy atom. The van der Waals surface area contributed by atoms with Crippen molar-refractivity contribution in [1.29, 1.82) is 0 Å². The molecular weight excluding hydrogens is 401 g/mol. The molecule has 0 heterocycles. The highest BCUT2D eigenvalue weighted by atomic mass is 127. The number of aliphatic imine (C=N–C) groups is 1. The molecular formula is C18H28IN3O. The van der Waals surface area contributed by atoms with Crippen molar-refractivity contribution in [3.05, 3.63) is 47.5 Å². The predicted octanol–water partition coefficient (Wildman–Crippen LogP) is 3.61. The standard InChI is InChI=1S/C18H27N3O.HI/c1-3-19-18(21-17-7-5-6-8-17)20-13-15-9-11-16(12-10-15)14-22-4-2;/h5-6,9-12,17H,3-4,7-8,13-14H2,1-2H3,(H2,19,20,21);1H. The summed E-state index contributed by atoms with van der Waals surface area (Å²) < 4.78 is 5.41. The molecule has 0 aromatic heterocycles. The van der Waals surface area contributed by atoms with Gasteiger partial charge in [0.2, 0.25) is 0 Å². The van der Waals surface area contributed by atoms with Crippen LogP contribution in [-0.2, 0) is 17.9 Å². The van der Waals surface area contributed by atoms with Gasteiger partial charge in [0, 0.05) is 19.2 Å². The summed E-state index contributed by atoms with van der Waals surface area (Å²) in [5, 5.41) is 6.79. The molecule has 2 N–H and O–H groups in total. The summed E-state index contributed by atoms with van der Waals surface area (Å²) in [7, 11) is 0. The zero-order chi connectivity index (χ0) is 15.6. The van der Waals surface area contributed by atoms with Crippen LogP contribution in [0.25, 0.3) is 0 Å². The van der Waals surface area contributed by atoms with E-state index < -0.39 is 0 Å². The Morgan fingerprint density at radius 2 is 1.78 bits per heavy atom. The van der Waals surface area contributed by atoms with Crippen LogP contribution in [0.4, 0.5) is 0 Å². The molecule has 0 atom stereocenters. The molecule has 128 valence electrons. The minimum atomic E-state index is 0. The second-order valence-electron chi connectivity index (χ2n) is 5.43. The molecule has 0 spiro atoms. The number of ether oxygens (including phenoxy) is 1. The highest BCUT2D eigenvalue weighted by molar-refractivity contribution is 14.0. The molecule has 0 aliphatic heterocycles. The zero-order valence-electron chi connectivity index (χ0n) is 14.0. The van der Waals surface area contributed by atoms with Gasteiger partial charge in [0.1, 0.15) is 0 Å². The minimum Gasteiger partial charge on any atom is -0.377 e. The van der Waals surface area contributed by atoms with Crippen molar-refractivity contribution in [1.82, 2.24) is 10.6 Å². The molecule has 1 aliphatic carbocycles. The lowest BCUT2D eigenvalue weighted by Crippen LogP contribution is -2.42. The van der Waals surface area contributed by atoms with Crippen LogP contribution in [0.15, 0.2) is 41.4 Å². The number of hydrogen-bond donors (Lipinski definition) is 2. The van der Waals surface area contributed by atoms with Crippen LogP contribution >= 0.6 is 24.0 Å². The highest BCUT2D eigenvalue weighted by Crippen LogP contribution is 2.10. The van der Waals surface area contributed by atoms with Crippen molar-refractivity contribution in [2.45, 2.75) is 45.9 Å². The Hall–Kier alpha value is -1.08. The van der Waals surface area contributed by atoms with E-state index in [0.717, 1.165) is 32.0 Å². The number of hydrogen-bond acceptors (Lipinski definition) is 2. The maximum atomic E-state index is 5.41.